The van der Waals surface area contributed by atoms with Gasteiger partial charge in [-0.25, -0.2) is 19.3 Å². The number of benzene rings is 1. The lowest BCUT2D eigenvalue weighted by atomic mass is 9.90. The number of nitrogens with one attached hydrogen (secondary N) is 1. The maximum Gasteiger partial charge on any atom is 0.463 e. The highest BCUT2D eigenvalue weighted by Gasteiger charge is 2.48. The monoisotopic (exact) mass is 412 g/mol. The first-order valence-corrected chi connectivity index (χ1v) is 8.86. The summed E-state index contributed by atoms with van der Waals surface area (Å²) >= 11 is 0. The topological polar surface area (TPSA) is 138 Å². The predicted molar refractivity (Wildman–Crippen MR) is 105 cm³/mol. The van der Waals surface area contributed by atoms with Crippen molar-refractivity contribution in [3.05, 3.63) is 58.8 Å². The standard InChI is InChI=1S/C20H20N4O6/c1-5-12-9-7-8-10-13(12)16-14(18(26)30-6-2)11(3)22-20(28)24(16)17(25)15(23-21)19(27)29-4/h5,7-10,16H,1,6H2,2-4H3,(H,22,28). The van der Waals surface area contributed by atoms with E-state index in [1.165, 1.54) is 13.0 Å². The van der Waals surface area contributed by atoms with Gasteiger partial charge in [0.25, 0.3) is 0 Å². The molecule has 2 rings (SSSR count). The molecule has 1 unspecified atom stereocenters. The Bertz CT molecular complexity index is 1010. The maximum atomic E-state index is 13.0. The number of ether oxygens (including phenoxy) is 2. The molecule has 0 fully saturated rings. The van der Waals surface area contributed by atoms with Gasteiger partial charge in [0.15, 0.2) is 0 Å². The van der Waals surface area contributed by atoms with Crippen molar-refractivity contribution >= 4 is 35.7 Å². The van der Waals surface area contributed by atoms with Crippen LogP contribution in [0.15, 0.2) is 42.1 Å². The molecule has 0 aromatic heterocycles. The van der Waals surface area contributed by atoms with E-state index >= 15 is 0 Å². The van der Waals surface area contributed by atoms with Gasteiger partial charge in [-0.3, -0.25) is 4.79 Å². The molecule has 1 atom stereocenters. The zero-order chi connectivity index (χ0) is 22.4. The van der Waals surface area contributed by atoms with Crippen LogP contribution in [0.5, 0.6) is 0 Å². The molecule has 0 bridgehead atoms. The molecule has 30 heavy (non-hydrogen) atoms. The maximum absolute atomic E-state index is 13.0. The predicted octanol–water partition coefficient (Wildman–Crippen LogP) is 1.60. The summed E-state index contributed by atoms with van der Waals surface area (Å²) in [5.41, 5.74) is 9.20. The minimum absolute atomic E-state index is 0.0266. The number of nitrogens with zero attached hydrogens (tertiary/aromatic N) is 3. The lowest BCUT2D eigenvalue weighted by molar-refractivity contribution is -0.142. The van der Waals surface area contributed by atoms with Crippen molar-refractivity contribution < 1.29 is 33.4 Å². The van der Waals surface area contributed by atoms with E-state index in [1.807, 2.05) is 0 Å². The van der Waals surface area contributed by atoms with Crippen LogP contribution in [0, 0.1) is 0 Å². The molecule has 10 nitrogen and oxygen atoms in total. The number of hydrogen-bond acceptors (Lipinski definition) is 6. The Balaban J connectivity index is 2.79. The summed E-state index contributed by atoms with van der Waals surface area (Å²) < 4.78 is 9.55. The first-order valence-electron chi connectivity index (χ1n) is 8.86. The Hall–Kier alpha value is -4.04. The molecule has 10 heteroatoms. The molecule has 1 aromatic carbocycles. The van der Waals surface area contributed by atoms with Crippen molar-refractivity contribution in [3.63, 3.8) is 0 Å². The molecule has 0 saturated carbocycles. The van der Waals surface area contributed by atoms with Gasteiger partial charge >= 0.3 is 29.6 Å². The molecule has 1 aromatic rings. The van der Waals surface area contributed by atoms with Gasteiger partial charge in [-0.15, -0.1) is 0 Å². The van der Waals surface area contributed by atoms with Gasteiger partial charge in [0.2, 0.25) is 0 Å². The first kappa shape index (κ1) is 22.3. The molecule has 0 radical (unpaired) electrons. The summed E-state index contributed by atoms with van der Waals surface area (Å²) in [4.78, 5) is 53.7. The smallest absolute Gasteiger partial charge is 0.463 e. The molecule has 0 saturated heterocycles. The van der Waals surface area contributed by atoms with Gasteiger partial charge in [0.05, 0.1) is 19.3 Å². The van der Waals surface area contributed by atoms with Gasteiger partial charge in [-0.2, -0.15) is 4.79 Å². The number of hydrogen-bond donors (Lipinski definition) is 1. The largest absolute Gasteiger partial charge is 0.463 e. The highest BCUT2D eigenvalue weighted by molar-refractivity contribution is 6.62. The molecule has 1 heterocycles. The third-order valence-corrected chi connectivity index (χ3v) is 4.35. The Kier molecular flexibility index (Phi) is 7.00. The molecule has 0 spiro atoms. The van der Waals surface area contributed by atoms with Gasteiger partial charge in [-0.05, 0) is 25.0 Å². The van der Waals surface area contributed by atoms with Gasteiger partial charge in [0.1, 0.15) is 6.04 Å². The summed E-state index contributed by atoms with van der Waals surface area (Å²) in [7, 11) is 0.982. The van der Waals surface area contributed by atoms with Crippen molar-refractivity contribution in [3.8, 4) is 0 Å². The molecule has 1 aliphatic rings. The van der Waals surface area contributed by atoms with Crippen LogP contribution in [0.3, 0.4) is 0 Å². The number of carbonyl (C=O) groups is 4. The van der Waals surface area contributed by atoms with E-state index in [2.05, 4.69) is 21.4 Å². The van der Waals surface area contributed by atoms with E-state index in [0.717, 1.165) is 7.11 Å². The minimum Gasteiger partial charge on any atom is -0.463 e. The van der Waals surface area contributed by atoms with Crippen molar-refractivity contribution in [1.29, 1.82) is 0 Å². The number of carbonyl (C=O) groups excluding carboxylic acids is 4. The van der Waals surface area contributed by atoms with Crippen LogP contribution in [0.2, 0.25) is 0 Å². The van der Waals surface area contributed by atoms with E-state index in [0.29, 0.717) is 16.0 Å². The fourth-order valence-corrected chi connectivity index (χ4v) is 3.04. The lowest BCUT2D eigenvalue weighted by Crippen LogP contribution is -2.54. The number of allylic oxidation sites excluding steroid dienone is 1. The summed E-state index contributed by atoms with van der Waals surface area (Å²) in [6, 6.07) is 4.43. The Morgan fingerprint density at radius 3 is 2.57 bits per heavy atom. The fraction of sp³-hybridized carbons (Fsp3) is 0.250. The zero-order valence-electron chi connectivity index (χ0n) is 16.7. The molecule has 3 amide bonds. The summed E-state index contributed by atoms with van der Waals surface area (Å²) in [6.45, 7) is 6.87. The fourth-order valence-electron chi connectivity index (χ4n) is 3.04. The summed E-state index contributed by atoms with van der Waals surface area (Å²) in [5.74, 6) is -3.28. The third kappa shape index (κ3) is 4.03. The molecular formula is C20H20N4O6. The Labute approximate surface area is 172 Å². The van der Waals surface area contributed by atoms with Crippen LogP contribution in [0.25, 0.3) is 11.6 Å². The molecule has 1 aliphatic heterocycles. The number of rotatable bonds is 6. The first-order chi connectivity index (χ1) is 14.3. The number of esters is 2. The van der Waals surface area contributed by atoms with Gasteiger partial charge in [0, 0.05) is 5.70 Å². The number of amides is 3. The van der Waals surface area contributed by atoms with E-state index in [4.69, 9.17) is 4.74 Å². The van der Waals surface area contributed by atoms with Crippen LogP contribution in [0.1, 0.15) is 31.0 Å². The van der Waals surface area contributed by atoms with Crippen LogP contribution >= 0.6 is 0 Å². The molecule has 0 aliphatic carbocycles. The normalized spacial score (nSPS) is 15.6. The molecule has 156 valence electrons. The number of imide groups is 1. The second-order valence-corrected chi connectivity index (χ2v) is 6.04. The van der Waals surface area contributed by atoms with E-state index in [-0.39, 0.29) is 17.9 Å². The van der Waals surface area contributed by atoms with Crippen LogP contribution in [-0.4, -0.2) is 53.0 Å². The molecular weight excluding hydrogens is 392 g/mol. The van der Waals surface area contributed by atoms with E-state index in [9.17, 15) is 24.7 Å². The van der Waals surface area contributed by atoms with Crippen molar-refractivity contribution in [1.82, 2.24) is 10.2 Å². The Morgan fingerprint density at radius 1 is 1.33 bits per heavy atom. The second-order valence-electron chi connectivity index (χ2n) is 6.04. The van der Waals surface area contributed by atoms with Crippen molar-refractivity contribution in [2.24, 2.45) is 0 Å². The van der Waals surface area contributed by atoms with Gasteiger partial charge in [-0.1, -0.05) is 36.9 Å². The number of methoxy groups -OCH3 is 1. The summed E-state index contributed by atoms with van der Waals surface area (Å²) in [6.07, 6.45) is 1.49. The van der Waals surface area contributed by atoms with E-state index in [1.54, 1.807) is 31.2 Å². The summed E-state index contributed by atoms with van der Waals surface area (Å²) in [5, 5.41) is 2.40. The highest BCUT2D eigenvalue weighted by Crippen LogP contribution is 2.36. The van der Waals surface area contributed by atoms with Crippen LogP contribution in [0.4, 0.5) is 4.79 Å². The third-order valence-electron chi connectivity index (χ3n) is 4.35. The highest BCUT2D eigenvalue weighted by atomic mass is 16.5. The zero-order valence-corrected chi connectivity index (χ0v) is 16.7. The number of urea groups is 1. The Morgan fingerprint density at radius 2 is 2.00 bits per heavy atom. The lowest BCUT2D eigenvalue weighted by Gasteiger charge is -2.35. The quantitative estimate of drug-likeness (QED) is 0.248. The van der Waals surface area contributed by atoms with Crippen LogP contribution < -0.4 is 5.32 Å². The van der Waals surface area contributed by atoms with Crippen molar-refractivity contribution in [2.75, 3.05) is 13.7 Å². The van der Waals surface area contributed by atoms with E-state index < -0.39 is 35.6 Å². The van der Waals surface area contributed by atoms with Crippen LogP contribution in [-0.2, 0) is 23.9 Å². The minimum atomic E-state index is -1.28. The van der Waals surface area contributed by atoms with Crippen molar-refractivity contribution in [2.45, 2.75) is 19.9 Å². The average molecular weight is 412 g/mol. The molecule has 1 N–H and O–H groups in total. The average Bonchev–Trinajstić information content (AvgIpc) is 2.73. The van der Waals surface area contributed by atoms with Gasteiger partial charge < -0.3 is 20.3 Å². The SMILES string of the molecule is C=Cc1ccccc1C1C(C(=O)OCC)=C(C)NC(=O)N1C(=O)C(=[N+]=[N-])C(=O)OC. The second kappa shape index (κ2) is 9.44.